The van der Waals surface area contributed by atoms with Gasteiger partial charge in [-0.05, 0) is 42.5 Å². The minimum Gasteiger partial charge on any atom is -0.481 e. The average molecular weight is 471 g/mol. The van der Waals surface area contributed by atoms with E-state index in [-0.39, 0.29) is 38.3 Å². The van der Waals surface area contributed by atoms with Crippen molar-refractivity contribution in [3.05, 3.63) is 63.6 Å². The third kappa shape index (κ3) is 6.06. The summed E-state index contributed by atoms with van der Waals surface area (Å²) in [5.74, 6) is -1.71. The van der Waals surface area contributed by atoms with E-state index >= 15 is 0 Å². The molecule has 2 rings (SSSR count). The number of benzene rings is 2. The number of rotatable bonds is 8. The molecule has 0 unspecified atom stereocenters. The molecule has 158 valence electrons. The van der Waals surface area contributed by atoms with Crippen LogP contribution < -0.4 is 10.6 Å². The standard InChI is InChI=1S/C19H16Cl2N2O6S/c1-30(28,29)12-3-4-13(16(21)9-12)19(27)23-11-2-5-15(20)14(8-11)17(22-10-24)6-7-18(25)26/h2-6,8-10H,7H2,1H3,(H,22,24)(H,23,27)(H,25,26)/b17-6-. The molecule has 2 aromatic rings. The molecule has 11 heteroatoms. The molecule has 0 aliphatic rings. The van der Waals surface area contributed by atoms with Gasteiger partial charge in [-0.1, -0.05) is 23.2 Å². The summed E-state index contributed by atoms with van der Waals surface area (Å²) in [5.41, 5.74) is 0.787. The van der Waals surface area contributed by atoms with Gasteiger partial charge < -0.3 is 15.7 Å². The number of amides is 2. The van der Waals surface area contributed by atoms with Gasteiger partial charge in [0.1, 0.15) is 0 Å². The van der Waals surface area contributed by atoms with Crippen LogP contribution in [0.2, 0.25) is 10.0 Å². The van der Waals surface area contributed by atoms with Crippen molar-refractivity contribution in [3.8, 4) is 0 Å². The Balaban J connectivity index is 2.34. The Morgan fingerprint density at radius 3 is 2.33 bits per heavy atom. The second-order valence-corrected chi connectivity index (χ2v) is 8.87. The smallest absolute Gasteiger partial charge is 0.307 e. The number of carboxylic acid groups (broad SMARTS) is 1. The number of carbonyl (C=O) groups excluding carboxylic acids is 2. The van der Waals surface area contributed by atoms with Crippen LogP contribution in [-0.4, -0.2) is 38.1 Å². The fourth-order valence-electron chi connectivity index (χ4n) is 2.42. The van der Waals surface area contributed by atoms with Gasteiger partial charge >= 0.3 is 5.97 Å². The van der Waals surface area contributed by atoms with Crippen molar-refractivity contribution in [2.45, 2.75) is 11.3 Å². The predicted octanol–water partition coefficient (Wildman–Crippen LogP) is 3.21. The second kappa shape index (κ2) is 9.75. The fourth-order valence-corrected chi connectivity index (χ4v) is 3.62. The number of sulfone groups is 1. The van der Waals surface area contributed by atoms with E-state index in [1.165, 1.54) is 42.5 Å². The van der Waals surface area contributed by atoms with Gasteiger partial charge in [0, 0.05) is 23.2 Å². The number of carboxylic acids is 1. The van der Waals surface area contributed by atoms with Gasteiger partial charge in [0.15, 0.2) is 9.84 Å². The summed E-state index contributed by atoms with van der Waals surface area (Å²) in [4.78, 5) is 34.2. The van der Waals surface area contributed by atoms with Crippen LogP contribution in [0.3, 0.4) is 0 Å². The Morgan fingerprint density at radius 1 is 1.07 bits per heavy atom. The van der Waals surface area contributed by atoms with Crippen molar-refractivity contribution in [2.24, 2.45) is 0 Å². The first kappa shape index (κ1) is 23.4. The monoisotopic (exact) mass is 470 g/mol. The van der Waals surface area contributed by atoms with Gasteiger partial charge in [-0.3, -0.25) is 14.4 Å². The molecule has 0 spiro atoms. The van der Waals surface area contributed by atoms with E-state index in [1.807, 2.05) is 0 Å². The van der Waals surface area contributed by atoms with Crippen molar-refractivity contribution in [3.63, 3.8) is 0 Å². The predicted molar refractivity (Wildman–Crippen MR) is 113 cm³/mol. The molecule has 0 saturated heterocycles. The molecule has 30 heavy (non-hydrogen) atoms. The van der Waals surface area contributed by atoms with E-state index in [9.17, 15) is 22.8 Å². The molecule has 0 aliphatic heterocycles. The van der Waals surface area contributed by atoms with Crippen molar-refractivity contribution < 1.29 is 27.9 Å². The molecule has 8 nitrogen and oxygen atoms in total. The van der Waals surface area contributed by atoms with Crippen molar-refractivity contribution >= 4 is 62.7 Å². The third-order valence-electron chi connectivity index (χ3n) is 3.82. The first-order valence-electron chi connectivity index (χ1n) is 8.26. The van der Waals surface area contributed by atoms with Crippen LogP contribution in [0.4, 0.5) is 5.69 Å². The molecule has 2 aromatic carbocycles. The van der Waals surface area contributed by atoms with Crippen LogP contribution in [0.1, 0.15) is 22.3 Å². The Morgan fingerprint density at radius 2 is 1.77 bits per heavy atom. The third-order valence-corrected chi connectivity index (χ3v) is 5.58. The summed E-state index contributed by atoms with van der Waals surface area (Å²) in [6.07, 6.45) is 2.31. The van der Waals surface area contributed by atoms with Gasteiger partial charge in [-0.15, -0.1) is 0 Å². The number of anilines is 1. The first-order chi connectivity index (χ1) is 14.0. The van der Waals surface area contributed by atoms with Gasteiger partial charge in [-0.25, -0.2) is 8.42 Å². The van der Waals surface area contributed by atoms with Crippen molar-refractivity contribution in [2.75, 3.05) is 11.6 Å². The largest absolute Gasteiger partial charge is 0.481 e. The maximum absolute atomic E-state index is 12.6. The molecule has 0 bridgehead atoms. The van der Waals surface area contributed by atoms with E-state index in [0.29, 0.717) is 12.0 Å². The Kier molecular flexibility index (Phi) is 7.60. The topological polar surface area (TPSA) is 130 Å². The molecule has 0 aromatic heterocycles. The fraction of sp³-hybridized carbons (Fsp3) is 0.105. The van der Waals surface area contributed by atoms with E-state index in [2.05, 4.69) is 10.6 Å². The zero-order chi connectivity index (χ0) is 22.5. The molecule has 0 atom stereocenters. The molecular formula is C19H16Cl2N2O6S. The van der Waals surface area contributed by atoms with Crippen LogP contribution in [-0.2, 0) is 19.4 Å². The van der Waals surface area contributed by atoms with Crippen LogP contribution in [0.25, 0.3) is 5.70 Å². The summed E-state index contributed by atoms with van der Waals surface area (Å²) in [7, 11) is -3.48. The number of aliphatic carboxylic acids is 1. The zero-order valence-corrected chi connectivity index (χ0v) is 17.8. The highest BCUT2D eigenvalue weighted by Crippen LogP contribution is 2.27. The van der Waals surface area contributed by atoms with Gasteiger partial charge in [0.2, 0.25) is 6.41 Å². The highest BCUT2D eigenvalue weighted by Gasteiger charge is 2.16. The maximum Gasteiger partial charge on any atom is 0.307 e. The molecule has 3 N–H and O–H groups in total. The minimum absolute atomic E-state index is 0.0222. The molecule has 0 aliphatic carbocycles. The highest BCUT2D eigenvalue weighted by molar-refractivity contribution is 7.90. The van der Waals surface area contributed by atoms with E-state index in [0.717, 1.165) is 6.26 Å². The van der Waals surface area contributed by atoms with Crippen molar-refractivity contribution in [1.82, 2.24) is 5.32 Å². The summed E-state index contributed by atoms with van der Waals surface area (Å²) < 4.78 is 23.2. The molecule has 2 amide bonds. The summed E-state index contributed by atoms with van der Waals surface area (Å²) in [5, 5.41) is 14.0. The Labute approximate surface area is 182 Å². The van der Waals surface area contributed by atoms with Crippen LogP contribution >= 0.6 is 23.2 Å². The summed E-state index contributed by atoms with van der Waals surface area (Å²) in [6, 6.07) is 8.14. The maximum atomic E-state index is 12.6. The Hall–Kier alpha value is -2.88. The van der Waals surface area contributed by atoms with Crippen LogP contribution in [0, 0.1) is 0 Å². The second-order valence-electron chi connectivity index (χ2n) is 6.04. The lowest BCUT2D eigenvalue weighted by Crippen LogP contribution is -2.14. The molecule has 0 fully saturated rings. The van der Waals surface area contributed by atoms with Crippen molar-refractivity contribution in [1.29, 1.82) is 0 Å². The van der Waals surface area contributed by atoms with E-state index in [1.54, 1.807) is 0 Å². The summed E-state index contributed by atoms with van der Waals surface area (Å²) >= 11 is 12.2. The molecular weight excluding hydrogens is 455 g/mol. The first-order valence-corrected chi connectivity index (χ1v) is 10.9. The highest BCUT2D eigenvalue weighted by atomic mass is 35.5. The lowest BCUT2D eigenvalue weighted by molar-refractivity contribution is -0.136. The number of halogens is 2. The van der Waals surface area contributed by atoms with Gasteiger partial charge in [0.05, 0.1) is 26.9 Å². The quantitative estimate of drug-likeness (QED) is 0.507. The SMILES string of the molecule is CS(=O)(=O)c1ccc(C(=O)Nc2ccc(Cl)c(/C(=C/CC(=O)O)NC=O)c2)c(Cl)c1. The Bertz CT molecular complexity index is 1150. The molecule has 0 heterocycles. The number of hydrogen-bond donors (Lipinski definition) is 3. The normalized spacial score (nSPS) is 11.6. The number of hydrogen-bond acceptors (Lipinski definition) is 5. The lowest BCUT2D eigenvalue weighted by atomic mass is 10.1. The zero-order valence-electron chi connectivity index (χ0n) is 15.5. The van der Waals surface area contributed by atoms with Gasteiger partial charge in [-0.2, -0.15) is 0 Å². The van der Waals surface area contributed by atoms with E-state index in [4.69, 9.17) is 28.3 Å². The number of carbonyl (C=O) groups is 3. The average Bonchev–Trinajstić information content (AvgIpc) is 2.65. The summed E-state index contributed by atoms with van der Waals surface area (Å²) in [6.45, 7) is 0. The number of nitrogens with one attached hydrogen (secondary N) is 2. The molecule has 0 saturated carbocycles. The van der Waals surface area contributed by atoms with Gasteiger partial charge in [0.25, 0.3) is 5.91 Å². The minimum atomic E-state index is -3.48. The lowest BCUT2D eigenvalue weighted by Gasteiger charge is -2.12. The molecule has 0 radical (unpaired) electrons. The van der Waals surface area contributed by atoms with Crippen LogP contribution in [0.15, 0.2) is 47.4 Å². The van der Waals surface area contributed by atoms with Crippen LogP contribution in [0.5, 0.6) is 0 Å². The van der Waals surface area contributed by atoms with E-state index < -0.39 is 21.7 Å².